The number of carbonyl (C=O) groups excluding carboxylic acids is 2. The summed E-state index contributed by atoms with van der Waals surface area (Å²) >= 11 is 0. The van der Waals surface area contributed by atoms with Crippen molar-refractivity contribution in [3.63, 3.8) is 0 Å². The summed E-state index contributed by atoms with van der Waals surface area (Å²) < 4.78 is 0. The molecular formula is C27H29N3O2. The van der Waals surface area contributed by atoms with Crippen molar-refractivity contribution in [3.8, 4) is 0 Å². The maximum Gasteiger partial charge on any atom is 0.256 e. The molecule has 0 saturated carbocycles. The number of rotatable bonds is 4. The van der Waals surface area contributed by atoms with E-state index in [1.54, 1.807) is 0 Å². The summed E-state index contributed by atoms with van der Waals surface area (Å²) in [5.74, 6) is -0.0834. The van der Waals surface area contributed by atoms with Crippen LogP contribution < -0.4 is 10.2 Å². The minimum atomic E-state index is -0.160. The second kappa shape index (κ2) is 9.03. The summed E-state index contributed by atoms with van der Waals surface area (Å²) in [6, 6.07) is 19.4. The van der Waals surface area contributed by atoms with Crippen LogP contribution in [0.4, 0.5) is 11.4 Å². The molecule has 5 heteroatoms. The molecule has 2 aliphatic rings. The Morgan fingerprint density at radius 3 is 2.25 bits per heavy atom. The molecule has 0 spiro atoms. The third-order valence-electron chi connectivity index (χ3n) is 6.61. The molecule has 0 unspecified atom stereocenters. The topological polar surface area (TPSA) is 52.7 Å². The molecule has 1 N–H and O–H groups in total. The van der Waals surface area contributed by atoms with Gasteiger partial charge < -0.3 is 15.1 Å². The van der Waals surface area contributed by atoms with E-state index in [9.17, 15) is 9.59 Å². The van der Waals surface area contributed by atoms with Crippen LogP contribution in [-0.2, 0) is 0 Å². The Morgan fingerprint density at radius 2 is 1.44 bits per heavy atom. The number of nitrogens with zero attached hydrogens (tertiary/aromatic N) is 2. The van der Waals surface area contributed by atoms with E-state index in [1.165, 1.54) is 6.42 Å². The van der Waals surface area contributed by atoms with Gasteiger partial charge in [-0.05, 0) is 67.1 Å². The van der Waals surface area contributed by atoms with Gasteiger partial charge in [0.15, 0.2) is 0 Å². The Labute approximate surface area is 189 Å². The lowest BCUT2D eigenvalue weighted by molar-refractivity contribution is 0.0724. The quantitative estimate of drug-likeness (QED) is 0.613. The highest BCUT2D eigenvalue weighted by Gasteiger charge is 2.25. The summed E-state index contributed by atoms with van der Waals surface area (Å²) in [6.07, 6.45) is 5.60. The van der Waals surface area contributed by atoms with Gasteiger partial charge in [-0.15, -0.1) is 0 Å². The van der Waals surface area contributed by atoms with Gasteiger partial charge in [0.05, 0.1) is 5.56 Å². The first-order valence-electron chi connectivity index (χ1n) is 11.7. The van der Waals surface area contributed by atoms with E-state index in [1.807, 2.05) is 65.6 Å². The Morgan fingerprint density at radius 1 is 0.719 bits per heavy atom. The van der Waals surface area contributed by atoms with E-state index in [4.69, 9.17) is 0 Å². The molecule has 0 radical (unpaired) electrons. The van der Waals surface area contributed by atoms with Crippen LogP contribution >= 0.6 is 0 Å². The summed E-state index contributed by atoms with van der Waals surface area (Å²) in [4.78, 5) is 30.8. The van der Waals surface area contributed by atoms with E-state index < -0.39 is 0 Å². The van der Waals surface area contributed by atoms with Crippen molar-refractivity contribution < 1.29 is 9.59 Å². The fourth-order valence-electron chi connectivity index (χ4n) is 4.91. The SMILES string of the molecule is O=C(Nc1ccc(N2CCCC2)c(C(=O)N2CCCCC2)c1)c1cccc2ccccc12. The number of nitrogens with one attached hydrogen (secondary N) is 1. The molecule has 2 saturated heterocycles. The Bertz CT molecular complexity index is 1140. The van der Waals surface area contributed by atoms with Gasteiger partial charge in [0.25, 0.3) is 11.8 Å². The smallest absolute Gasteiger partial charge is 0.256 e. The van der Waals surface area contributed by atoms with Crippen LogP contribution in [0, 0.1) is 0 Å². The van der Waals surface area contributed by atoms with Gasteiger partial charge in [-0.25, -0.2) is 0 Å². The molecule has 5 nitrogen and oxygen atoms in total. The first-order valence-corrected chi connectivity index (χ1v) is 11.7. The third kappa shape index (κ3) is 4.07. The molecule has 0 aromatic heterocycles. The number of hydrogen-bond donors (Lipinski definition) is 1. The first-order chi connectivity index (χ1) is 15.7. The lowest BCUT2D eigenvalue weighted by Crippen LogP contribution is -2.36. The standard InChI is InChI=1S/C27H29N3O2/c31-26(23-12-8-10-20-9-2-3-11-22(20)23)28-21-13-14-25(29-15-6-7-16-29)24(19-21)27(32)30-17-4-1-5-18-30/h2-3,8-14,19H,1,4-7,15-18H2,(H,28,31). The zero-order valence-corrected chi connectivity index (χ0v) is 18.3. The number of fused-ring (bicyclic) bond motifs is 1. The average molecular weight is 428 g/mol. The van der Waals surface area contributed by atoms with Gasteiger partial charge in [0, 0.05) is 43.1 Å². The van der Waals surface area contributed by atoms with Crippen LogP contribution in [-0.4, -0.2) is 42.9 Å². The Kier molecular flexibility index (Phi) is 5.80. The van der Waals surface area contributed by atoms with E-state index in [0.717, 1.165) is 68.3 Å². The number of amides is 2. The van der Waals surface area contributed by atoms with E-state index in [2.05, 4.69) is 10.2 Å². The van der Waals surface area contributed by atoms with E-state index in [0.29, 0.717) is 16.8 Å². The van der Waals surface area contributed by atoms with Gasteiger partial charge >= 0.3 is 0 Å². The largest absolute Gasteiger partial charge is 0.371 e. The van der Waals surface area contributed by atoms with Crippen LogP contribution in [0.2, 0.25) is 0 Å². The maximum atomic E-state index is 13.4. The highest BCUT2D eigenvalue weighted by Crippen LogP contribution is 2.30. The molecule has 0 bridgehead atoms. The fourth-order valence-corrected chi connectivity index (χ4v) is 4.91. The van der Waals surface area contributed by atoms with Gasteiger partial charge in [-0.3, -0.25) is 9.59 Å². The minimum Gasteiger partial charge on any atom is -0.371 e. The average Bonchev–Trinajstić information content (AvgIpc) is 3.38. The maximum absolute atomic E-state index is 13.4. The van der Waals surface area contributed by atoms with Crippen molar-refractivity contribution in [3.05, 3.63) is 71.8 Å². The number of benzene rings is 3. The fraction of sp³-hybridized carbons (Fsp3) is 0.333. The van der Waals surface area contributed by atoms with Crippen LogP contribution in [0.5, 0.6) is 0 Å². The molecular weight excluding hydrogens is 398 g/mol. The molecule has 164 valence electrons. The lowest BCUT2D eigenvalue weighted by atomic mass is 10.0. The van der Waals surface area contributed by atoms with Crippen LogP contribution in [0.3, 0.4) is 0 Å². The zero-order valence-electron chi connectivity index (χ0n) is 18.3. The Hall–Kier alpha value is -3.34. The molecule has 2 aliphatic heterocycles. The molecule has 5 rings (SSSR count). The van der Waals surface area contributed by atoms with Gasteiger partial charge in [-0.2, -0.15) is 0 Å². The van der Waals surface area contributed by atoms with Gasteiger partial charge in [0.2, 0.25) is 0 Å². The van der Waals surface area contributed by atoms with Crippen molar-refractivity contribution in [2.24, 2.45) is 0 Å². The summed E-state index contributed by atoms with van der Waals surface area (Å²) in [5, 5.41) is 4.99. The molecule has 0 atom stereocenters. The van der Waals surface area contributed by atoms with Crippen molar-refractivity contribution in [1.82, 2.24) is 4.90 Å². The van der Waals surface area contributed by atoms with Crippen LogP contribution in [0.1, 0.15) is 52.8 Å². The third-order valence-corrected chi connectivity index (χ3v) is 6.61. The summed E-state index contributed by atoms with van der Waals surface area (Å²) in [6.45, 7) is 3.57. The second-order valence-corrected chi connectivity index (χ2v) is 8.76. The molecule has 2 amide bonds. The van der Waals surface area contributed by atoms with Crippen molar-refractivity contribution >= 4 is 34.0 Å². The molecule has 32 heavy (non-hydrogen) atoms. The van der Waals surface area contributed by atoms with Crippen molar-refractivity contribution in [2.45, 2.75) is 32.1 Å². The molecule has 3 aromatic rings. The molecule has 2 fully saturated rings. The van der Waals surface area contributed by atoms with Crippen molar-refractivity contribution in [2.75, 3.05) is 36.4 Å². The summed E-state index contributed by atoms with van der Waals surface area (Å²) in [7, 11) is 0. The van der Waals surface area contributed by atoms with Crippen molar-refractivity contribution in [1.29, 1.82) is 0 Å². The predicted octanol–water partition coefficient (Wildman–Crippen LogP) is 5.32. The molecule has 0 aliphatic carbocycles. The molecule has 3 aromatic carbocycles. The summed E-state index contributed by atoms with van der Waals surface area (Å²) in [5.41, 5.74) is 2.98. The van der Waals surface area contributed by atoms with E-state index in [-0.39, 0.29) is 11.8 Å². The first kappa shape index (κ1) is 20.6. The number of hydrogen-bond acceptors (Lipinski definition) is 3. The molecule has 2 heterocycles. The number of carbonyl (C=O) groups is 2. The van der Waals surface area contributed by atoms with Crippen LogP contribution in [0.15, 0.2) is 60.7 Å². The van der Waals surface area contributed by atoms with Gasteiger partial charge in [0.1, 0.15) is 0 Å². The monoisotopic (exact) mass is 427 g/mol. The highest BCUT2D eigenvalue weighted by atomic mass is 16.2. The number of anilines is 2. The zero-order chi connectivity index (χ0) is 21.9. The number of likely N-dealkylation sites (tertiary alicyclic amines) is 1. The normalized spacial score (nSPS) is 16.4. The Balaban J connectivity index is 1.46. The van der Waals surface area contributed by atoms with Gasteiger partial charge in [-0.1, -0.05) is 36.4 Å². The highest BCUT2D eigenvalue weighted by molar-refractivity contribution is 6.13. The van der Waals surface area contributed by atoms with E-state index >= 15 is 0 Å². The predicted molar refractivity (Wildman–Crippen MR) is 130 cm³/mol. The van der Waals surface area contributed by atoms with Crippen LogP contribution in [0.25, 0.3) is 10.8 Å². The second-order valence-electron chi connectivity index (χ2n) is 8.76. The lowest BCUT2D eigenvalue weighted by Gasteiger charge is -2.29. The minimum absolute atomic E-state index is 0.0767. The number of piperidine rings is 1.